The molecular formula is C19H28N2O3. The van der Waals surface area contributed by atoms with Gasteiger partial charge in [-0.3, -0.25) is 9.59 Å². The molecule has 0 saturated carbocycles. The Balaban J connectivity index is 1.89. The average Bonchev–Trinajstić information content (AvgIpc) is 2.50. The van der Waals surface area contributed by atoms with Gasteiger partial charge in [-0.05, 0) is 37.0 Å². The number of carbonyl (C=O) groups is 2. The maximum absolute atomic E-state index is 12.3. The molecule has 132 valence electrons. The number of ether oxygens (including phenoxy) is 1. The first-order valence-corrected chi connectivity index (χ1v) is 8.49. The van der Waals surface area contributed by atoms with Gasteiger partial charge in [0.15, 0.2) is 0 Å². The number of carbonyl (C=O) groups excluding carboxylic acids is 2. The number of nitrogens with zero attached hydrogens (tertiary/aromatic N) is 1. The molecule has 1 N–H and O–H groups in total. The highest BCUT2D eigenvalue weighted by atomic mass is 16.5. The first-order chi connectivity index (χ1) is 11.2. The second-order valence-corrected chi connectivity index (χ2v) is 7.57. The predicted octanol–water partition coefficient (Wildman–Crippen LogP) is 2.35. The summed E-state index contributed by atoms with van der Waals surface area (Å²) in [5.41, 5.74) is 1.79. The van der Waals surface area contributed by atoms with Crippen LogP contribution in [-0.4, -0.2) is 48.6 Å². The highest BCUT2D eigenvalue weighted by Crippen LogP contribution is 2.22. The maximum Gasteiger partial charge on any atom is 0.251 e. The molecule has 5 heteroatoms. The minimum absolute atomic E-state index is 0.0132. The number of morpholine rings is 1. The molecule has 1 aromatic rings. The number of nitrogens with one attached hydrogen (secondary N) is 1. The van der Waals surface area contributed by atoms with Gasteiger partial charge >= 0.3 is 0 Å². The summed E-state index contributed by atoms with van der Waals surface area (Å²) in [4.78, 5) is 26.2. The van der Waals surface area contributed by atoms with Crippen molar-refractivity contribution in [3.8, 4) is 0 Å². The molecule has 1 saturated heterocycles. The third kappa shape index (κ3) is 4.81. The molecule has 2 rings (SSSR count). The van der Waals surface area contributed by atoms with Crippen LogP contribution in [0.2, 0.25) is 0 Å². The molecule has 5 nitrogen and oxygen atoms in total. The lowest BCUT2D eigenvalue weighted by atomic mass is 9.87. The normalized spacial score (nSPS) is 21.5. The van der Waals surface area contributed by atoms with Gasteiger partial charge in [-0.15, -0.1) is 0 Å². The summed E-state index contributed by atoms with van der Waals surface area (Å²) in [6, 6.07) is 7.53. The van der Waals surface area contributed by atoms with E-state index >= 15 is 0 Å². The van der Waals surface area contributed by atoms with Crippen LogP contribution >= 0.6 is 0 Å². The molecule has 1 aliphatic heterocycles. The van der Waals surface area contributed by atoms with E-state index in [1.54, 1.807) is 17.0 Å². The number of hydrogen-bond acceptors (Lipinski definition) is 3. The molecule has 1 fully saturated rings. The van der Waals surface area contributed by atoms with Crippen molar-refractivity contribution < 1.29 is 14.3 Å². The van der Waals surface area contributed by atoms with Gasteiger partial charge in [0.1, 0.15) is 0 Å². The Bertz CT molecular complexity index is 580. The van der Waals surface area contributed by atoms with E-state index < -0.39 is 0 Å². The van der Waals surface area contributed by atoms with Crippen LogP contribution in [0, 0.1) is 0 Å². The number of amides is 2. The largest absolute Gasteiger partial charge is 0.372 e. The summed E-state index contributed by atoms with van der Waals surface area (Å²) in [7, 11) is 0. The molecule has 0 bridgehead atoms. The van der Waals surface area contributed by atoms with Crippen LogP contribution in [0.15, 0.2) is 24.3 Å². The SMILES string of the molecule is C[C@H]1CN(C(=O)CNC(=O)c2ccc(C(C)(C)C)cc2)C[C@H](C)O1. The summed E-state index contributed by atoms with van der Waals surface area (Å²) < 4.78 is 5.62. The van der Waals surface area contributed by atoms with Crippen molar-refractivity contribution in [2.24, 2.45) is 0 Å². The van der Waals surface area contributed by atoms with Crippen molar-refractivity contribution in [2.75, 3.05) is 19.6 Å². The fourth-order valence-corrected chi connectivity index (χ4v) is 2.87. The van der Waals surface area contributed by atoms with E-state index in [-0.39, 0.29) is 36.0 Å². The van der Waals surface area contributed by atoms with Crippen LogP contribution in [0.5, 0.6) is 0 Å². The summed E-state index contributed by atoms with van der Waals surface area (Å²) in [5, 5.41) is 2.71. The Morgan fingerprint density at radius 3 is 2.17 bits per heavy atom. The van der Waals surface area contributed by atoms with Crippen molar-refractivity contribution in [3.63, 3.8) is 0 Å². The summed E-state index contributed by atoms with van der Waals surface area (Å²) in [6.45, 7) is 11.4. The highest BCUT2D eigenvalue weighted by Gasteiger charge is 2.26. The molecule has 0 unspecified atom stereocenters. The van der Waals surface area contributed by atoms with Gasteiger partial charge in [0.25, 0.3) is 5.91 Å². The Kier molecular flexibility index (Phi) is 5.65. The molecule has 0 aromatic heterocycles. The van der Waals surface area contributed by atoms with Crippen LogP contribution in [0.4, 0.5) is 0 Å². The molecule has 1 aliphatic rings. The summed E-state index contributed by atoms with van der Waals surface area (Å²) >= 11 is 0. The molecule has 24 heavy (non-hydrogen) atoms. The minimum Gasteiger partial charge on any atom is -0.372 e. The molecule has 0 spiro atoms. The zero-order valence-electron chi connectivity index (χ0n) is 15.3. The molecule has 1 aromatic carbocycles. The fourth-order valence-electron chi connectivity index (χ4n) is 2.87. The molecule has 1 heterocycles. The summed E-state index contributed by atoms with van der Waals surface area (Å²) in [5.74, 6) is -0.296. The van der Waals surface area contributed by atoms with E-state index in [0.717, 1.165) is 0 Å². The minimum atomic E-state index is -0.224. The molecule has 2 atom stereocenters. The summed E-state index contributed by atoms with van der Waals surface area (Å²) in [6.07, 6.45) is 0.0525. The maximum atomic E-state index is 12.3. The third-order valence-electron chi connectivity index (χ3n) is 4.19. The van der Waals surface area contributed by atoms with Crippen LogP contribution in [-0.2, 0) is 14.9 Å². The number of rotatable bonds is 3. The van der Waals surface area contributed by atoms with Crippen molar-refractivity contribution in [1.82, 2.24) is 10.2 Å². The van der Waals surface area contributed by atoms with Gasteiger partial charge in [-0.2, -0.15) is 0 Å². The standard InChI is InChI=1S/C19H28N2O3/c1-13-11-21(12-14(2)24-13)17(22)10-20-18(23)15-6-8-16(9-7-15)19(3,4)5/h6-9,13-14H,10-12H2,1-5H3,(H,20,23)/t13-,14-/m0/s1. The lowest BCUT2D eigenvalue weighted by Crippen LogP contribution is -2.51. The zero-order chi connectivity index (χ0) is 17.9. The van der Waals surface area contributed by atoms with Gasteiger partial charge in [0.2, 0.25) is 5.91 Å². The molecular weight excluding hydrogens is 304 g/mol. The van der Waals surface area contributed by atoms with Crippen LogP contribution < -0.4 is 5.32 Å². The van der Waals surface area contributed by atoms with Gasteiger partial charge in [-0.1, -0.05) is 32.9 Å². The lowest BCUT2D eigenvalue weighted by Gasteiger charge is -2.35. The highest BCUT2D eigenvalue weighted by molar-refractivity contribution is 5.96. The van der Waals surface area contributed by atoms with E-state index in [9.17, 15) is 9.59 Å². The van der Waals surface area contributed by atoms with Gasteiger partial charge < -0.3 is 15.0 Å². The van der Waals surface area contributed by atoms with Gasteiger partial charge in [-0.25, -0.2) is 0 Å². The van der Waals surface area contributed by atoms with Gasteiger partial charge in [0.05, 0.1) is 18.8 Å². The third-order valence-corrected chi connectivity index (χ3v) is 4.19. The molecule has 0 aliphatic carbocycles. The van der Waals surface area contributed by atoms with Crippen molar-refractivity contribution in [1.29, 1.82) is 0 Å². The molecule has 0 radical (unpaired) electrons. The smallest absolute Gasteiger partial charge is 0.251 e. The van der Waals surface area contributed by atoms with Crippen molar-refractivity contribution in [3.05, 3.63) is 35.4 Å². The van der Waals surface area contributed by atoms with E-state index in [4.69, 9.17) is 4.74 Å². The van der Waals surface area contributed by atoms with Gasteiger partial charge in [0, 0.05) is 18.7 Å². The quantitative estimate of drug-likeness (QED) is 0.924. The first-order valence-electron chi connectivity index (χ1n) is 8.49. The Morgan fingerprint density at radius 1 is 1.12 bits per heavy atom. The first kappa shape index (κ1) is 18.5. The fraction of sp³-hybridized carbons (Fsp3) is 0.579. The second kappa shape index (κ2) is 7.34. The average molecular weight is 332 g/mol. The van der Waals surface area contributed by atoms with Crippen LogP contribution in [0.1, 0.15) is 50.5 Å². The Hall–Kier alpha value is -1.88. The number of hydrogen-bond donors (Lipinski definition) is 1. The zero-order valence-corrected chi connectivity index (χ0v) is 15.3. The second-order valence-electron chi connectivity index (χ2n) is 7.57. The molecule has 2 amide bonds. The van der Waals surface area contributed by atoms with Crippen molar-refractivity contribution >= 4 is 11.8 Å². The van der Waals surface area contributed by atoms with E-state index in [1.165, 1.54) is 5.56 Å². The van der Waals surface area contributed by atoms with E-state index in [1.807, 2.05) is 26.0 Å². The van der Waals surface area contributed by atoms with Crippen LogP contribution in [0.3, 0.4) is 0 Å². The predicted molar refractivity (Wildman–Crippen MR) is 94.1 cm³/mol. The van der Waals surface area contributed by atoms with Crippen LogP contribution in [0.25, 0.3) is 0 Å². The number of benzene rings is 1. The van der Waals surface area contributed by atoms with E-state index in [0.29, 0.717) is 18.7 Å². The monoisotopic (exact) mass is 332 g/mol. The Morgan fingerprint density at radius 2 is 1.67 bits per heavy atom. The topological polar surface area (TPSA) is 58.6 Å². The Labute approximate surface area is 144 Å². The lowest BCUT2D eigenvalue weighted by molar-refractivity contribution is -0.142. The van der Waals surface area contributed by atoms with Crippen molar-refractivity contribution in [2.45, 2.75) is 52.2 Å². The van der Waals surface area contributed by atoms with E-state index in [2.05, 4.69) is 26.1 Å².